The van der Waals surface area contributed by atoms with E-state index in [0.29, 0.717) is 24.6 Å². The molecule has 0 heterocycles. The van der Waals surface area contributed by atoms with E-state index in [1.807, 2.05) is 32.0 Å². The maximum atomic E-state index is 13.7. The lowest BCUT2D eigenvalue weighted by Crippen LogP contribution is -2.35. The highest BCUT2D eigenvalue weighted by atomic mass is 19.1. The highest BCUT2D eigenvalue weighted by molar-refractivity contribution is 6.16. The molecule has 2 amide bonds. The van der Waals surface area contributed by atoms with Crippen molar-refractivity contribution in [2.75, 3.05) is 10.6 Å². The first-order chi connectivity index (χ1) is 11.8. The second kappa shape index (κ2) is 6.27. The molecule has 6 heteroatoms. The lowest BCUT2D eigenvalue weighted by molar-refractivity contribution is -0.131. The van der Waals surface area contributed by atoms with E-state index >= 15 is 0 Å². The predicted octanol–water partition coefficient (Wildman–Crippen LogP) is 3.94. The maximum absolute atomic E-state index is 13.7. The molecule has 1 saturated carbocycles. The zero-order valence-electron chi connectivity index (χ0n) is 14.0. The third-order valence-corrected chi connectivity index (χ3v) is 4.28. The van der Waals surface area contributed by atoms with Gasteiger partial charge in [0.1, 0.15) is 17.0 Å². The topological polar surface area (TPSA) is 58.2 Å². The van der Waals surface area contributed by atoms with Gasteiger partial charge in [0.05, 0.1) is 5.69 Å². The summed E-state index contributed by atoms with van der Waals surface area (Å²) < 4.78 is 26.7. The van der Waals surface area contributed by atoms with Gasteiger partial charge < -0.3 is 10.6 Å². The summed E-state index contributed by atoms with van der Waals surface area (Å²) in [6, 6.07) is 8.49. The fourth-order valence-electron chi connectivity index (χ4n) is 2.81. The van der Waals surface area contributed by atoms with Crippen LogP contribution in [0, 0.1) is 30.9 Å². The highest BCUT2D eigenvalue weighted by Gasteiger charge is 2.56. The van der Waals surface area contributed by atoms with Crippen LogP contribution in [-0.4, -0.2) is 11.8 Å². The van der Waals surface area contributed by atoms with Crippen LogP contribution in [0.15, 0.2) is 36.4 Å². The zero-order chi connectivity index (χ0) is 18.2. The highest BCUT2D eigenvalue weighted by Crippen LogP contribution is 2.47. The molecule has 0 unspecified atom stereocenters. The molecule has 25 heavy (non-hydrogen) atoms. The van der Waals surface area contributed by atoms with Crippen LogP contribution < -0.4 is 10.6 Å². The number of benzene rings is 2. The van der Waals surface area contributed by atoms with Crippen molar-refractivity contribution in [2.45, 2.75) is 26.7 Å². The third-order valence-electron chi connectivity index (χ3n) is 4.28. The normalized spacial score (nSPS) is 14.7. The summed E-state index contributed by atoms with van der Waals surface area (Å²) in [5.41, 5.74) is 1.26. The molecule has 2 N–H and O–H groups in total. The van der Waals surface area contributed by atoms with E-state index in [1.54, 1.807) is 0 Å². The van der Waals surface area contributed by atoms with Gasteiger partial charge in [-0.2, -0.15) is 0 Å². The van der Waals surface area contributed by atoms with Crippen LogP contribution in [0.4, 0.5) is 20.2 Å². The average molecular weight is 344 g/mol. The summed E-state index contributed by atoms with van der Waals surface area (Å²) in [6.07, 6.45) is 0.774. The van der Waals surface area contributed by atoms with Gasteiger partial charge in [-0.05, 0) is 62.1 Å². The Bertz CT molecular complexity index is 840. The Morgan fingerprint density at radius 1 is 0.920 bits per heavy atom. The van der Waals surface area contributed by atoms with Gasteiger partial charge in [0.25, 0.3) is 0 Å². The second-order valence-electron chi connectivity index (χ2n) is 6.49. The maximum Gasteiger partial charge on any atom is 0.240 e. The van der Waals surface area contributed by atoms with Crippen LogP contribution in [0.3, 0.4) is 0 Å². The summed E-state index contributed by atoms with van der Waals surface area (Å²) in [5, 5.41) is 5.15. The zero-order valence-corrected chi connectivity index (χ0v) is 14.0. The Morgan fingerprint density at radius 3 is 2.08 bits per heavy atom. The quantitative estimate of drug-likeness (QED) is 0.826. The molecule has 1 fully saturated rings. The number of rotatable bonds is 4. The van der Waals surface area contributed by atoms with E-state index in [4.69, 9.17) is 0 Å². The molecule has 0 radical (unpaired) electrons. The number of hydrogen-bond acceptors (Lipinski definition) is 2. The summed E-state index contributed by atoms with van der Waals surface area (Å²) in [7, 11) is 0. The van der Waals surface area contributed by atoms with Crippen LogP contribution in [0.25, 0.3) is 0 Å². The molecule has 4 nitrogen and oxygen atoms in total. The Hall–Kier alpha value is -2.76. The SMILES string of the molecule is Cc1cc(C)cc(NC(=O)C2(C(=O)Nc3ccc(F)cc3F)CC2)c1. The van der Waals surface area contributed by atoms with Crippen molar-refractivity contribution in [3.63, 3.8) is 0 Å². The number of aryl methyl sites for hydroxylation is 2. The smallest absolute Gasteiger partial charge is 0.240 e. The third kappa shape index (κ3) is 3.52. The van der Waals surface area contributed by atoms with Crippen LogP contribution >= 0.6 is 0 Å². The van der Waals surface area contributed by atoms with Crippen LogP contribution in [0.1, 0.15) is 24.0 Å². The monoisotopic (exact) mass is 344 g/mol. The van der Waals surface area contributed by atoms with E-state index in [9.17, 15) is 18.4 Å². The van der Waals surface area contributed by atoms with Crippen molar-refractivity contribution in [2.24, 2.45) is 5.41 Å². The molecule has 130 valence electrons. The summed E-state index contributed by atoms with van der Waals surface area (Å²) in [5.74, 6) is -2.61. The molecule has 1 aliphatic rings. The minimum atomic E-state index is -1.21. The molecule has 0 aliphatic heterocycles. The first-order valence-electron chi connectivity index (χ1n) is 7.96. The molecule has 0 atom stereocenters. The van der Waals surface area contributed by atoms with Gasteiger partial charge in [0.15, 0.2) is 0 Å². The van der Waals surface area contributed by atoms with Gasteiger partial charge in [0.2, 0.25) is 11.8 Å². The largest absolute Gasteiger partial charge is 0.325 e. The molecule has 3 rings (SSSR count). The van der Waals surface area contributed by atoms with Gasteiger partial charge in [-0.1, -0.05) is 6.07 Å². The number of hydrogen-bond donors (Lipinski definition) is 2. The van der Waals surface area contributed by atoms with Crippen LogP contribution in [-0.2, 0) is 9.59 Å². The minimum absolute atomic E-state index is 0.142. The number of nitrogens with one attached hydrogen (secondary N) is 2. The fraction of sp³-hybridized carbons (Fsp3) is 0.263. The molecule has 0 bridgehead atoms. The summed E-state index contributed by atoms with van der Waals surface area (Å²) in [4.78, 5) is 25.0. The molecule has 0 aromatic heterocycles. The Labute approximate surface area is 144 Å². The Balaban J connectivity index is 1.74. The van der Waals surface area contributed by atoms with E-state index in [0.717, 1.165) is 23.3 Å². The number of carbonyl (C=O) groups excluding carboxylic acids is 2. The molecule has 2 aromatic rings. The van der Waals surface area contributed by atoms with Crippen molar-refractivity contribution >= 4 is 23.2 Å². The average Bonchev–Trinajstić information content (AvgIpc) is 3.30. The van der Waals surface area contributed by atoms with Crippen molar-refractivity contribution in [1.82, 2.24) is 0 Å². The standard InChI is InChI=1S/C19H18F2N2O2/c1-11-7-12(2)9-14(8-11)22-17(24)19(5-6-19)18(25)23-16-4-3-13(20)10-15(16)21/h3-4,7-10H,5-6H2,1-2H3,(H,22,24)(H,23,25). The lowest BCUT2D eigenvalue weighted by atomic mass is 10.0. The van der Waals surface area contributed by atoms with Crippen molar-refractivity contribution in [3.05, 3.63) is 59.2 Å². The fourth-order valence-corrected chi connectivity index (χ4v) is 2.81. The van der Waals surface area contributed by atoms with E-state index in [-0.39, 0.29) is 5.69 Å². The molecule has 2 aromatic carbocycles. The first-order valence-corrected chi connectivity index (χ1v) is 7.96. The minimum Gasteiger partial charge on any atom is -0.325 e. The lowest BCUT2D eigenvalue weighted by Gasteiger charge is -2.16. The molecular weight excluding hydrogens is 326 g/mol. The number of anilines is 2. The first kappa shape index (κ1) is 17.1. The summed E-state index contributed by atoms with van der Waals surface area (Å²) in [6.45, 7) is 3.83. The Morgan fingerprint density at radius 2 is 1.52 bits per heavy atom. The molecule has 0 saturated heterocycles. The molecule has 1 aliphatic carbocycles. The van der Waals surface area contributed by atoms with E-state index in [1.165, 1.54) is 0 Å². The van der Waals surface area contributed by atoms with Gasteiger partial charge in [-0.15, -0.1) is 0 Å². The van der Waals surface area contributed by atoms with E-state index < -0.39 is 28.9 Å². The molecular formula is C19H18F2N2O2. The van der Waals surface area contributed by atoms with Crippen LogP contribution in [0.2, 0.25) is 0 Å². The van der Waals surface area contributed by atoms with Gasteiger partial charge in [0, 0.05) is 11.8 Å². The number of carbonyl (C=O) groups is 2. The van der Waals surface area contributed by atoms with Crippen molar-refractivity contribution < 1.29 is 18.4 Å². The van der Waals surface area contributed by atoms with Gasteiger partial charge in [-0.25, -0.2) is 8.78 Å². The predicted molar refractivity (Wildman–Crippen MR) is 91.2 cm³/mol. The molecule has 0 spiro atoms. The number of amides is 2. The van der Waals surface area contributed by atoms with Crippen molar-refractivity contribution in [3.8, 4) is 0 Å². The van der Waals surface area contributed by atoms with Crippen LogP contribution in [0.5, 0.6) is 0 Å². The van der Waals surface area contributed by atoms with E-state index in [2.05, 4.69) is 10.6 Å². The van der Waals surface area contributed by atoms with Gasteiger partial charge in [-0.3, -0.25) is 9.59 Å². The van der Waals surface area contributed by atoms with Gasteiger partial charge >= 0.3 is 0 Å². The second-order valence-corrected chi connectivity index (χ2v) is 6.49. The Kier molecular flexibility index (Phi) is 4.29. The summed E-state index contributed by atoms with van der Waals surface area (Å²) >= 11 is 0. The van der Waals surface area contributed by atoms with Crippen molar-refractivity contribution in [1.29, 1.82) is 0 Å². The number of halogens is 2.